The van der Waals surface area contributed by atoms with Gasteiger partial charge >= 0.3 is 0 Å². The van der Waals surface area contributed by atoms with Gasteiger partial charge in [-0.1, -0.05) is 29.3 Å². The monoisotopic (exact) mass is 291 g/mol. The van der Waals surface area contributed by atoms with Crippen molar-refractivity contribution in [2.24, 2.45) is 0 Å². The number of hydrogen-bond acceptors (Lipinski definition) is 4. The van der Waals surface area contributed by atoms with Crippen molar-refractivity contribution in [3.05, 3.63) is 46.9 Å². The number of rotatable bonds is 5. The molecule has 1 aromatic carbocycles. The lowest BCUT2D eigenvalue weighted by atomic mass is 10.2. The zero-order valence-corrected chi connectivity index (χ0v) is 12.7. The van der Waals surface area contributed by atoms with Crippen LogP contribution >= 0.6 is 11.6 Å². The number of ether oxygens (including phenoxy) is 1. The zero-order chi connectivity index (χ0) is 14.5. The van der Waals surface area contributed by atoms with Crippen LogP contribution in [0.25, 0.3) is 0 Å². The minimum Gasteiger partial charge on any atom is -0.374 e. The highest BCUT2D eigenvalue weighted by Crippen LogP contribution is 2.24. The molecule has 20 heavy (non-hydrogen) atoms. The van der Waals surface area contributed by atoms with Crippen LogP contribution in [-0.2, 0) is 11.3 Å². The number of aromatic nitrogens is 2. The quantitative estimate of drug-likeness (QED) is 0.787. The third-order valence-corrected chi connectivity index (χ3v) is 3.12. The lowest BCUT2D eigenvalue weighted by Crippen LogP contribution is -2.13. The van der Waals surface area contributed by atoms with Gasteiger partial charge in [-0.3, -0.25) is 0 Å². The van der Waals surface area contributed by atoms with Crippen LogP contribution in [0, 0.1) is 6.92 Å². The first kappa shape index (κ1) is 14.8. The smallest absolute Gasteiger partial charge is 0.158 e. The molecule has 0 unspecified atom stereocenters. The topological polar surface area (TPSA) is 38.2 Å². The van der Waals surface area contributed by atoms with E-state index in [1.807, 2.05) is 31.0 Å². The molecule has 1 heterocycles. The lowest BCUT2D eigenvalue weighted by molar-refractivity contribution is 0.128. The molecular formula is C15H18ClN3O. The van der Waals surface area contributed by atoms with Crippen molar-refractivity contribution in [2.45, 2.75) is 20.5 Å². The van der Waals surface area contributed by atoms with Gasteiger partial charge in [0.2, 0.25) is 0 Å². The SMILES string of the molecule is CCOCc1nc(Cl)cc(N(C)c2ccc(C)cc2)n1. The molecule has 0 atom stereocenters. The van der Waals surface area contributed by atoms with Crippen LogP contribution in [0.2, 0.25) is 5.15 Å². The summed E-state index contributed by atoms with van der Waals surface area (Å²) in [5.74, 6) is 1.34. The second kappa shape index (κ2) is 6.68. The first-order valence-corrected chi connectivity index (χ1v) is 6.89. The fourth-order valence-corrected chi connectivity index (χ4v) is 1.98. The van der Waals surface area contributed by atoms with E-state index in [2.05, 4.69) is 29.0 Å². The molecule has 2 rings (SSSR count). The van der Waals surface area contributed by atoms with Crippen molar-refractivity contribution in [2.75, 3.05) is 18.6 Å². The Morgan fingerprint density at radius 1 is 1.20 bits per heavy atom. The lowest BCUT2D eigenvalue weighted by Gasteiger charge is -2.19. The van der Waals surface area contributed by atoms with Crippen LogP contribution in [0.4, 0.5) is 11.5 Å². The maximum atomic E-state index is 6.05. The van der Waals surface area contributed by atoms with Crippen molar-refractivity contribution < 1.29 is 4.74 Å². The predicted molar refractivity (Wildman–Crippen MR) is 81.6 cm³/mol. The minimum absolute atomic E-state index is 0.367. The fraction of sp³-hybridized carbons (Fsp3) is 0.333. The molecule has 0 radical (unpaired) electrons. The summed E-state index contributed by atoms with van der Waals surface area (Å²) in [7, 11) is 1.95. The molecule has 0 saturated carbocycles. The minimum atomic E-state index is 0.367. The summed E-state index contributed by atoms with van der Waals surface area (Å²) in [6.07, 6.45) is 0. The normalized spacial score (nSPS) is 10.6. The molecule has 106 valence electrons. The van der Waals surface area contributed by atoms with Gasteiger partial charge in [-0.25, -0.2) is 9.97 Å². The summed E-state index contributed by atoms with van der Waals surface area (Å²) in [5, 5.41) is 0.420. The van der Waals surface area contributed by atoms with E-state index in [-0.39, 0.29) is 0 Å². The van der Waals surface area contributed by atoms with Crippen molar-refractivity contribution in [3.63, 3.8) is 0 Å². The standard InChI is InChI=1S/C15H18ClN3O/c1-4-20-10-14-17-13(16)9-15(18-14)19(3)12-7-5-11(2)6-8-12/h5-9H,4,10H2,1-3H3. The molecule has 4 nitrogen and oxygen atoms in total. The molecule has 0 aliphatic rings. The third kappa shape index (κ3) is 3.68. The summed E-state index contributed by atoms with van der Waals surface area (Å²) >= 11 is 6.05. The first-order chi connectivity index (χ1) is 9.60. The van der Waals surface area contributed by atoms with Crippen LogP contribution in [0.1, 0.15) is 18.3 Å². The van der Waals surface area contributed by atoms with Crippen LogP contribution < -0.4 is 4.90 Å². The Morgan fingerprint density at radius 2 is 1.90 bits per heavy atom. The van der Waals surface area contributed by atoms with Gasteiger partial charge < -0.3 is 9.64 Å². The summed E-state index contributed by atoms with van der Waals surface area (Å²) in [6, 6.07) is 9.98. The Bertz CT molecular complexity index is 572. The molecule has 0 aliphatic heterocycles. The molecule has 0 bridgehead atoms. The maximum absolute atomic E-state index is 6.05. The second-order valence-electron chi connectivity index (χ2n) is 4.50. The molecular weight excluding hydrogens is 274 g/mol. The Balaban J connectivity index is 2.26. The summed E-state index contributed by atoms with van der Waals surface area (Å²) in [6.45, 7) is 4.99. The second-order valence-corrected chi connectivity index (χ2v) is 4.88. The molecule has 0 amide bonds. The Morgan fingerprint density at radius 3 is 2.55 bits per heavy atom. The maximum Gasteiger partial charge on any atom is 0.158 e. The molecule has 2 aromatic rings. The van der Waals surface area contributed by atoms with Gasteiger partial charge in [0.15, 0.2) is 5.82 Å². The highest BCUT2D eigenvalue weighted by molar-refractivity contribution is 6.29. The fourth-order valence-electron chi connectivity index (χ4n) is 1.78. The van der Waals surface area contributed by atoms with Gasteiger partial charge in [0, 0.05) is 25.4 Å². The highest BCUT2D eigenvalue weighted by Gasteiger charge is 2.09. The van der Waals surface area contributed by atoms with E-state index >= 15 is 0 Å². The molecule has 0 fully saturated rings. The molecule has 0 saturated heterocycles. The molecule has 0 aliphatic carbocycles. The van der Waals surface area contributed by atoms with E-state index in [1.165, 1.54) is 5.56 Å². The van der Waals surface area contributed by atoms with E-state index in [0.717, 1.165) is 11.5 Å². The van der Waals surface area contributed by atoms with E-state index in [0.29, 0.717) is 24.2 Å². The predicted octanol–water partition coefficient (Wildman–Crippen LogP) is 3.74. The van der Waals surface area contributed by atoms with Crippen molar-refractivity contribution in [3.8, 4) is 0 Å². The van der Waals surface area contributed by atoms with E-state index < -0.39 is 0 Å². The molecule has 1 aromatic heterocycles. The van der Waals surface area contributed by atoms with E-state index in [1.54, 1.807) is 6.07 Å². The number of aryl methyl sites for hydroxylation is 1. The Hall–Kier alpha value is -1.65. The largest absolute Gasteiger partial charge is 0.374 e. The Labute approximate surface area is 124 Å². The summed E-state index contributed by atoms with van der Waals surface area (Å²) < 4.78 is 5.33. The Kier molecular flexibility index (Phi) is 4.93. The molecule has 0 N–H and O–H groups in total. The number of halogens is 1. The number of nitrogens with zero attached hydrogens (tertiary/aromatic N) is 3. The van der Waals surface area contributed by atoms with Gasteiger partial charge in [0.1, 0.15) is 17.6 Å². The van der Waals surface area contributed by atoms with Crippen LogP contribution in [-0.4, -0.2) is 23.6 Å². The number of benzene rings is 1. The molecule has 0 spiro atoms. The third-order valence-electron chi connectivity index (χ3n) is 2.93. The summed E-state index contributed by atoms with van der Waals surface area (Å²) in [5.41, 5.74) is 2.27. The average Bonchev–Trinajstić information content (AvgIpc) is 2.44. The zero-order valence-electron chi connectivity index (χ0n) is 11.9. The van der Waals surface area contributed by atoms with Gasteiger partial charge in [-0.15, -0.1) is 0 Å². The van der Waals surface area contributed by atoms with Gasteiger partial charge in [-0.2, -0.15) is 0 Å². The van der Waals surface area contributed by atoms with E-state index in [9.17, 15) is 0 Å². The first-order valence-electron chi connectivity index (χ1n) is 6.51. The van der Waals surface area contributed by atoms with E-state index in [4.69, 9.17) is 16.3 Å². The number of hydrogen-bond donors (Lipinski definition) is 0. The van der Waals surface area contributed by atoms with Gasteiger partial charge in [0.05, 0.1) is 0 Å². The van der Waals surface area contributed by atoms with Crippen LogP contribution in [0.5, 0.6) is 0 Å². The molecule has 5 heteroatoms. The van der Waals surface area contributed by atoms with Gasteiger partial charge in [-0.05, 0) is 26.0 Å². The van der Waals surface area contributed by atoms with Crippen molar-refractivity contribution in [1.82, 2.24) is 9.97 Å². The van der Waals surface area contributed by atoms with Crippen LogP contribution in [0.15, 0.2) is 30.3 Å². The van der Waals surface area contributed by atoms with Crippen molar-refractivity contribution in [1.29, 1.82) is 0 Å². The summed E-state index contributed by atoms with van der Waals surface area (Å²) in [4.78, 5) is 10.6. The average molecular weight is 292 g/mol. The highest BCUT2D eigenvalue weighted by atomic mass is 35.5. The van der Waals surface area contributed by atoms with Crippen LogP contribution in [0.3, 0.4) is 0 Å². The van der Waals surface area contributed by atoms with Gasteiger partial charge in [0.25, 0.3) is 0 Å². The number of anilines is 2. The van der Waals surface area contributed by atoms with Crippen molar-refractivity contribution >= 4 is 23.1 Å².